The number of carbonyl (C=O) groups excluding carboxylic acids is 2. The summed E-state index contributed by atoms with van der Waals surface area (Å²) in [6, 6.07) is -0.171. The van der Waals surface area contributed by atoms with Crippen LogP contribution in [0.5, 0.6) is 0 Å². The molecule has 2 aliphatic heterocycles. The van der Waals surface area contributed by atoms with Crippen molar-refractivity contribution in [2.24, 2.45) is 5.92 Å². The molecule has 2 rings (SSSR count). The van der Waals surface area contributed by atoms with Gasteiger partial charge in [0.15, 0.2) is 9.84 Å². The first kappa shape index (κ1) is 14.1. The third kappa shape index (κ3) is 3.82. The van der Waals surface area contributed by atoms with Gasteiger partial charge < -0.3 is 15.1 Å². The molecule has 7 nitrogen and oxygen atoms in total. The quantitative estimate of drug-likeness (QED) is 0.669. The monoisotopic (exact) mass is 289 g/mol. The number of piperazine rings is 1. The molecule has 0 aliphatic carbocycles. The highest BCUT2D eigenvalue weighted by molar-refractivity contribution is 7.91. The van der Waals surface area contributed by atoms with Gasteiger partial charge in [0, 0.05) is 32.7 Å². The lowest BCUT2D eigenvalue weighted by Gasteiger charge is -2.32. The summed E-state index contributed by atoms with van der Waals surface area (Å²) in [5.74, 6) is 0.433. The van der Waals surface area contributed by atoms with Crippen LogP contribution in [0.2, 0.25) is 0 Å². The van der Waals surface area contributed by atoms with Crippen molar-refractivity contribution in [3.8, 4) is 0 Å². The Labute approximate surface area is 112 Å². The maximum atomic E-state index is 11.9. The lowest BCUT2D eigenvalue weighted by atomic mass is 10.1. The minimum absolute atomic E-state index is 0.0326. The van der Waals surface area contributed by atoms with Crippen LogP contribution in [0.1, 0.15) is 6.42 Å². The van der Waals surface area contributed by atoms with Gasteiger partial charge in [-0.3, -0.25) is 4.79 Å². The van der Waals surface area contributed by atoms with Crippen LogP contribution < -0.4 is 5.32 Å². The average Bonchev–Trinajstić information content (AvgIpc) is 2.76. The van der Waals surface area contributed by atoms with Crippen LogP contribution in [0.4, 0.5) is 4.79 Å². The van der Waals surface area contributed by atoms with Crippen LogP contribution in [0.3, 0.4) is 0 Å². The molecule has 3 amide bonds. The number of rotatable bonds is 3. The maximum Gasteiger partial charge on any atom is 0.317 e. The van der Waals surface area contributed by atoms with E-state index >= 15 is 0 Å². The lowest BCUT2D eigenvalue weighted by molar-refractivity contribution is -0.119. The molecule has 19 heavy (non-hydrogen) atoms. The fourth-order valence-corrected chi connectivity index (χ4v) is 4.27. The van der Waals surface area contributed by atoms with Gasteiger partial charge in [-0.15, -0.1) is 0 Å². The third-order valence-corrected chi connectivity index (χ3v) is 5.46. The van der Waals surface area contributed by atoms with E-state index in [0.29, 0.717) is 39.1 Å². The molecule has 0 spiro atoms. The minimum atomic E-state index is -2.89. The molecule has 1 N–H and O–H groups in total. The molecule has 2 fully saturated rings. The Hall–Kier alpha value is -1.31. The highest BCUT2D eigenvalue weighted by atomic mass is 32.2. The van der Waals surface area contributed by atoms with E-state index in [9.17, 15) is 18.0 Å². The van der Waals surface area contributed by atoms with Gasteiger partial charge >= 0.3 is 6.03 Å². The molecule has 1 atom stereocenters. The fourth-order valence-electron chi connectivity index (χ4n) is 2.41. The molecular weight excluding hydrogens is 270 g/mol. The molecule has 2 aliphatic rings. The van der Waals surface area contributed by atoms with E-state index in [0.717, 1.165) is 6.41 Å². The second kappa shape index (κ2) is 5.77. The Morgan fingerprint density at radius 2 is 1.95 bits per heavy atom. The lowest BCUT2D eigenvalue weighted by Crippen LogP contribution is -2.51. The van der Waals surface area contributed by atoms with E-state index in [-0.39, 0.29) is 23.5 Å². The van der Waals surface area contributed by atoms with Gasteiger partial charge in [0.25, 0.3) is 0 Å². The topological polar surface area (TPSA) is 86.8 Å². The standard InChI is InChI=1S/C11H19N3O4S/c15-9-13-2-4-14(5-3-13)11(16)12-7-10-1-6-19(17,18)8-10/h9-10H,1-8H2,(H,12,16). The van der Waals surface area contributed by atoms with Crippen molar-refractivity contribution in [2.45, 2.75) is 6.42 Å². The Morgan fingerprint density at radius 3 is 2.47 bits per heavy atom. The predicted octanol–water partition coefficient (Wildman–Crippen LogP) is -1.10. The molecule has 0 aromatic heterocycles. The second-order valence-electron chi connectivity index (χ2n) is 5.08. The predicted molar refractivity (Wildman–Crippen MR) is 69.4 cm³/mol. The number of hydrogen-bond donors (Lipinski definition) is 1. The van der Waals surface area contributed by atoms with Crippen LogP contribution in [0, 0.1) is 5.92 Å². The SMILES string of the molecule is O=CN1CCN(C(=O)NCC2CCS(=O)(=O)C2)CC1. The molecule has 2 saturated heterocycles. The van der Waals surface area contributed by atoms with Crippen molar-refractivity contribution in [3.63, 3.8) is 0 Å². The van der Waals surface area contributed by atoms with Crippen LogP contribution >= 0.6 is 0 Å². The number of carbonyl (C=O) groups is 2. The van der Waals surface area contributed by atoms with E-state index < -0.39 is 9.84 Å². The number of sulfone groups is 1. The summed E-state index contributed by atoms with van der Waals surface area (Å²) in [6.07, 6.45) is 1.42. The molecule has 0 saturated carbocycles. The van der Waals surface area contributed by atoms with Crippen molar-refractivity contribution in [1.82, 2.24) is 15.1 Å². The van der Waals surface area contributed by atoms with Crippen molar-refractivity contribution < 1.29 is 18.0 Å². The number of nitrogens with one attached hydrogen (secondary N) is 1. The van der Waals surface area contributed by atoms with Gasteiger partial charge in [0.1, 0.15) is 0 Å². The second-order valence-corrected chi connectivity index (χ2v) is 7.31. The summed E-state index contributed by atoms with van der Waals surface area (Å²) < 4.78 is 22.6. The molecule has 0 aromatic carbocycles. The van der Waals surface area contributed by atoms with Gasteiger partial charge in [0.05, 0.1) is 11.5 Å². The number of nitrogens with zero attached hydrogens (tertiary/aromatic N) is 2. The van der Waals surface area contributed by atoms with E-state index in [1.165, 1.54) is 0 Å². The maximum absolute atomic E-state index is 11.9. The molecule has 0 radical (unpaired) electrons. The number of urea groups is 1. The van der Waals surface area contributed by atoms with Crippen molar-refractivity contribution in [3.05, 3.63) is 0 Å². The Balaban J connectivity index is 1.72. The highest BCUT2D eigenvalue weighted by Crippen LogP contribution is 2.17. The van der Waals surface area contributed by atoms with E-state index in [2.05, 4.69) is 5.32 Å². The van der Waals surface area contributed by atoms with Crippen molar-refractivity contribution in [2.75, 3.05) is 44.2 Å². The summed E-state index contributed by atoms with van der Waals surface area (Å²) >= 11 is 0. The molecule has 2 heterocycles. The van der Waals surface area contributed by atoms with Crippen LogP contribution in [-0.2, 0) is 14.6 Å². The van der Waals surface area contributed by atoms with Crippen molar-refractivity contribution in [1.29, 1.82) is 0 Å². The zero-order chi connectivity index (χ0) is 13.9. The summed E-state index contributed by atoms with van der Waals surface area (Å²) in [4.78, 5) is 25.7. The average molecular weight is 289 g/mol. The van der Waals surface area contributed by atoms with Gasteiger partial charge in [0.2, 0.25) is 6.41 Å². The summed E-state index contributed by atoms with van der Waals surface area (Å²) in [6.45, 7) is 2.55. The Morgan fingerprint density at radius 1 is 1.26 bits per heavy atom. The fraction of sp³-hybridized carbons (Fsp3) is 0.818. The van der Waals surface area contributed by atoms with Gasteiger partial charge in [-0.05, 0) is 12.3 Å². The molecule has 1 unspecified atom stereocenters. The summed E-state index contributed by atoms with van der Waals surface area (Å²) in [7, 11) is -2.89. The normalized spacial score (nSPS) is 26.2. The van der Waals surface area contributed by atoms with Crippen LogP contribution in [-0.4, -0.2) is 74.9 Å². The first-order chi connectivity index (χ1) is 9.00. The van der Waals surface area contributed by atoms with E-state index in [1.807, 2.05) is 0 Å². The van der Waals surface area contributed by atoms with Crippen molar-refractivity contribution >= 4 is 22.3 Å². The third-order valence-electron chi connectivity index (χ3n) is 3.62. The van der Waals surface area contributed by atoms with E-state index in [4.69, 9.17) is 0 Å². The van der Waals surface area contributed by atoms with Gasteiger partial charge in [-0.1, -0.05) is 0 Å². The molecule has 108 valence electrons. The Kier molecular flexibility index (Phi) is 4.28. The molecule has 8 heteroatoms. The zero-order valence-electron chi connectivity index (χ0n) is 10.7. The first-order valence-electron chi connectivity index (χ1n) is 6.43. The number of amides is 3. The summed E-state index contributed by atoms with van der Waals surface area (Å²) in [5, 5.41) is 2.78. The molecule has 0 aromatic rings. The number of hydrogen-bond acceptors (Lipinski definition) is 4. The van der Waals surface area contributed by atoms with Crippen LogP contribution in [0.25, 0.3) is 0 Å². The largest absolute Gasteiger partial charge is 0.342 e. The molecular formula is C11H19N3O4S. The van der Waals surface area contributed by atoms with E-state index in [1.54, 1.807) is 9.80 Å². The minimum Gasteiger partial charge on any atom is -0.342 e. The van der Waals surface area contributed by atoms with Crippen LogP contribution in [0.15, 0.2) is 0 Å². The highest BCUT2D eigenvalue weighted by Gasteiger charge is 2.28. The summed E-state index contributed by atoms with van der Waals surface area (Å²) in [5.41, 5.74) is 0. The smallest absolute Gasteiger partial charge is 0.317 e. The molecule has 0 bridgehead atoms. The van der Waals surface area contributed by atoms with Gasteiger partial charge in [-0.2, -0.15) is 0 Å². The first-order valence-corrected chi connectivity index (χ1v) is 8.25. The van der Waals surface area contributed by atoms with Gasteiger partial charge in [-0.25, -0.2) is 13.2 Å². The zero-order valence-corrected chi connectivity index (χ0v) is 11.6. The Bertz CT molecular complexity index is 443.